The highest BCUT2D eigenvalue weighted by Crippen LogP contribution is 2.51. The third-order valence-electron chi connectivity index (χ3n) is 4.50. The Morgan fingerprint density at radius 1 is 1.42 bits per heavy atom. The zero-order chi connectivity index (χ0) is 17.6. The van der Waals surface area contributed by atoms with E-state index in [0.29, 0.717) is 25.2 Å². The number of alkyl halides is 2. The average Bonchev–Trinajstić information content (AvgIpc) is 2.93. The Balaban J connectivity index is 1.71. The summed E-state index contributed by atoms with van der Waals surface area (Å²) in [5, 5.41) is -0.0925. The molecule has 24 heavy (non-hydrogen) atoms. The lowest BCUT2D eigenvalue weighted by molar-refractivity contribution is -0.145. The van der Waals surface area contributed by atoms with Gasteiger partial charge in [0.2, 0.25) is 0 Å². The molecule has 0 radical (unpaired) electrons. The Bertz CT molecular complexity index is 654. The van der Waals surface area contributed by atoms with Crippen LogP contribution in [0.2, 0.25) is 10.2 Å². The first-order chi connectivity index (χ1) is 11.2. The molecule has 0 N–H and O–H groups in total. The zero-order valence-electron chi connectivity index (χ0n) is 13.4. The van der Waals surface area contributed by atoms with E-state index < -0.39 is 11.6 Å². The molecular formula is C16H18Cl2F2N2O2. The van der Waals surface area contributed by atoms with Gasteiger partial charge in [-0.25, -0.2) is 4.98 Å². The lowest BCUT2D eigenvalue weighted by Gasteiger charge is -2.25. The van der Waals surface area contributed by atoms with E-state index in [4.69, 9.17) is 27.9 Å². The van der Waals surface area contributed by atoms with E-state index in [1.54, 1.807) is 0 Å². The number of nitrogens with zero attached hydrogens (tertiary/aromatic N) is 2. The Labute approximate surface area is 149 Å². The number of piperidine rings is 1. The second-order valence-corrected chi connectivity index (χ2v) is 7.22. The fourth-order valence-electron chi connectivity index (χ4n) is 3.26. The van der Waals surface area contributed by atoms with Crippen LogP contribution in [0.5, 0.6) is 0 Å². The summed E-state index contributed by atoms with van der Waals surface area (Å²) in [7, 11) is 0. The van der Waals surface area contributed by atoms with Gasteiger partial charge in [0.1, 0.15) is 17.0 Å². The van der Waals surface area contributed by atoms with Crippen LogP contribution in [0.25, 0.3) is 0 Å². The first-order valence-corrected chi connectivity index (χ1v) is 8.66. The smallest absolute Gasteiger partial charge is 0.306 e. The van der Waals surface area contributed by atoms with Gasteiger partial charge in [0.05, 0.1) is 10.7 Å². The van der Waals surface area contributed by atoms with Crippen LogP contribution in [0, 0.1) is 11.8 Å². The van der Waals surface area contributed by atoms with Crippen LogP contribution in [0.1, 0.15) is 32.4 Å². The van der Waals surface area contributed by atoms with Crippen molar-refractivity contribution in [3.8, 4) is 0 Å². The summed E-state index contributed by atoms with van der Waals surface area (Å²) in [6, 6.07) is 1.50. The van der Waals surface area contributed by atoms with Crippen molar-refractivity contribution in [3.63, 3.8) is 0 Å². The molecule has 4 nitrogen and oxygen atoms in total. The standard InChI is InChI=1S/C16H18Cl2F2N2O2/c1-3-4-12(23)24-14-8-6-22(7-9(8)14)10-5-11(17)21-15(13(10)18)16(2,19)20/h5,8-9,14H,3-4,6-7H2,1-2H3. The van der Waals surface area contributed by atoms with E-state index in [1.165, 1.54) is 6.07 Å². The molecule has 8 heteroatoms. The van der Waals surface area contributed by atoms with E-state index in [1.807, 2.05) is 11.8 Å². The maximum absolute atomic E-state index is 13.6. The van der Waals surface area contributed by atoms with Gasteiger partial charge >= 0.3 is 5.97 Å². The number of hydrogen-bond acceptors (Lipinski definition) is 4. The molecule has 2 aliphatic rings. The minimum Gasteiger partial charge on any atom is -0.462 e. The third kappa shape index (κ3) is 3.31. The zero-order valence-corrected chi connectivity index (χ0v) is 14.9. The number of rotatable bonds is 5. The van der Waals surface area contributed by atoms with Crippen LogP contribution in [0.3, 0.4) is 0 Å². The van der Waals surface area contributed by atoms with Gasteiger partial charge in [0.15, 0.2) is 0 Å². The highest BCUT2D eigenvalue weighted by molar-refractivity contribution is 6.35. The molecule has 0 aromatic carbocycles. The molecule has 132 valence electrons. The summed E-state index contributed by atoms with van der Waals surface area (Å²) in [5.41, 5.74) is -0.0582. The molecule has 1 aliphatic carbocycles. The number of carbonyl (C=O) groups excluding carboxylic acids is 1. The molecule has 3 rings (SSSR count). The highest BCUT2D eigenvalue weighted by Gasteiger charge is 2.59. The normalized spacial score (nSPS) is 25.6. The lowest BCUT2D eigenvalue weighted by Crippen LogP contribution is -2.28. The summed E-state index contributed by atoms with van der Waals surface area (Å²) in [6.07, 6.45) is 1.11. The van der Waals surface area contributed by atoms with Crippen LogP contribution >= 0.6 is 23.2 Å². The van der Waals surface area contributed by atoms with E-state index in [9.17, 15) is 13.6 Å². The third-order valence-corrected chi connectivity index (χ3v) is 5.07. The quantitative estimate of drug-likeness (QED) is 0.566. The molecule has 1 aliphatic heterocycles. The van der Waals surface area contributed by atoms with Gasteiger partial charge in [-0.1, -0.05) is 30.1 Å². The SMILES string of the molecule is CCCC(=O)OC1C2CN(c3cc(Cl)nc(C(C)(F)F)c3Cl)CC21. The minimum absolute atomic E-state index is 0.0163. The van der Waals surface area contributed by atoms with Crippen LogP contribution < -0.4 is 4.90 Å². The topological polar surface area (TPSA) is 42.4 Å². The van der Waals surface area contributed by atoms with Crippen molar-refractivity contribution in [3.05, 3.63) is 21.9 Å². The lowest BCUT2D eigenvalue weighted by atomic mass is 10.2. The number of esters is 1. The summed E-state index contributed by atoms with van der Waals surface area (Å²) in [5.74, 6) is -2.91. The molecule has 0 bridgehead atoms. The molecule has 0 amide bonds. The minimum atomic E-state index is -3.17. The Hall–Kier alpha value is -1.14. The molecule has 1 saturated carbocycles. The highest BCUT2D eigenvalue weighted by atomic mass is 35.5. The molecule has 2 atom stereocenters. The first-order valence-electron chi connectivity index (χ1n) is 7.91. The number of aromatic nitrogens is 1. The fraction of sp³-hybridized carbons (Fsp3) is 0.625. The van der Waals surface area contributed by atoms with Crippen molar-refractivity contribution < 1.29 is 18.3 Å². The number of carbonyl (C=O) groups is 1. The largest absolute Gasteiger partial charge is 0.462 e. The average molecular weight is 379 g/mol. The fourth-order valence-corrected chi connectivity index (χ4v) is 3.83. The van der Waals surface area contributed by atoms with Gasteiger partial charge < -0.3 is 9.64 Å². The summed E-state index contributed by atoms with van der Waals surface area (Å²) in [6.45, 7) is 3.87. The van der Waals surface area contributed by atoms with Gasteiger partial charge in [0.25, 0.3) is 5.92 Å². The van der Waals surface area contributed by atoms with E-state index >= 15 is 0 Å². The number of anilines is 1. The maximum Gasteiger partial charge on any atom is 0.306 e. The molecule has 2 heterocycles. The van der Waals surface area contributed by atoms with Crippen molar-refractivity contribution in [1.29, 1.82) is 0 Å². The number of ether oxygens (including phenoxy) is 1. The van der Waals surface area contributed by atoms with Crippen molar-refractivity contribution in [2.24, 2.45) is 11.8 Å². The Morgan fingerprint density at radius 3 is 2.58 bits per heavy atom. The second-order valence-electron chi connectivity index (χ2n) is 6.45. The van der Waals surface area contributed by atoms with Crippen molar-refractivity contribution in [2.75, 3.05) is 18.0 Å². The summed E-state index contributed by atoms with van der Waals surface area (Å²) < 4.78 is 32.7. The van der Waals surface area contributed by atoms with Crippen LogP contribution in [0.15, 0.2) is 6.07 Å². The van der Waals surface area contributed by atoms with Crippen LogP contribution in [0.4, 0.5) is 14.5 Å². The molecule has 1 aromatic rings. The first kappa shape index (κ1) is 17.7. The maximum atomic E-state index is 13.6. The van der Waals surface area contributed by atoms with Crippen LogP contribution in [-0.2, 0) is 15.5 Å². The Kier molecular flexibility index (Phi) is 4.64. The van der Waals surface area contributed by atoms with Gasteiger partial charge in [-0.2, -0.15) is 8.78 Å². The van der Waals surface area contributed by atoms with E-state index in [0.717, 1.165) is 13.3 Å². The van der Waals surface area contributed by atoms with Crippen LogP contribution in [-0.4, -0.2) is 30.1 Å². The predicted octanol–water partition coefficient (Wildman–Crippen LogP) is 4.28. The second kappa shape index (κ2) is 6.30. The van der Waals surface area contributed by atoms with Gasteiger partial charge in [-0.05, 0) is 6.42 Å². The number of hydrogen-bond donors (Lipinski definition) is 0. The van der Waals surface area contributed by atoms with Gasteiger partial charge in [0, 0.05) is 44.3 Å². The van der Waals surface area contributed by atoms with E-state index in [2.05, 4.69) is 4.98 Å². The monoisotopic (exact) mass is 378 g/mol. The molecule has 1 aromatic heterocycles. The number of halogens is 4. The van der Waals surface area contributed by atoms with E-state index in [-0.39, 0.29) is 34.1 Å². The summed E-state index contributed by atoms with van der Waals surface area (Å²) in [4.78, 5) is 17.1. The number of fused-ring (bicyclic) bond motifs is 1. The molecule has 2 unspecified atom stereocenters. The van der Waals surface area contributed by atoms with Gasteiger partial charge in [-0.15, -0.1) is 0 Å². The molecular weight excluding hydrogens is 361 g/mol. The molecule has 1 saturated heterocycles. The van der Waals surface area contributed by atoms with Gasteiger partial charge in [-0.3, -0.25) is 4.79 Å². The molecule has 0 spiro atoms. The number of pyridine rings is 1. The van der Waals surface area contributed by atoms with Crippen molar-refractivity contribution in [2.45, 2.75) is 38.7 Å². The predicted molar refractivity (Wildman–Crippen MR) is 87.8 cm³/mol. The van der Waals surface area contributed by atoms with Crippen molar-refractivity contribution >= 4 is 34.9 Å². The Morgan fingerprint density at radius 2 is 2.04 bits per heavy atom. The van der Waals surface area contributed by atoms with Crippen molar-refractivity contribution in [1.82, 2.24) is 4.98 Å². The summed E-state index contributed by atoms with van der Waals surface area (Å²) >= 11 is 12.0. The molecule has 2 fully saturated rings.